The number of aliphatic hydroxyl groups is 1. The number of amides is 2. The van der Waals surface area contributed by atoms with E-state index in [9.17, 15) is 19.5 Å². The van der Waals surface area contributed by atoms with Gasteiger partial charge in [0.1, 0.15) is 11.6 Å². The molecule has 0 saturated carbocycles. The molecule has 0 radical (unpaired) electrons. The Balaban J connectivity index is 1.67. The van der Waals surface area contributed by atoms with Crippen LogP contribution in [-0.4, -0.2) is 80.1 Å². The minimum Gasteiger partial charge on any atom is -0.481 e. The van der Waals surface area contributed by atoms with Crippen molar-refractivity contribution >= 4 is 33.7 Å². The summed E-state index contributed by atoms with van der Waals surface area (Å²) in [6.07, 6.45) is 4.39. The van der Waals surface area contributed by atoms with Gasteiger partial charge in [0.25, 0.3) is 0 Å². The molecule has 3 saturated heterocycles. The van der Waals surface area contributed by atoms with Crippen molar-refractivity contribution in [2.45, 2.75) is 61.2 Å². The van der Waals surface area contributed by atoms with E-state index in [4.69, 9.17) is 9.84 Å². The first-order chi connectivity index (χ1) is 16.9. The molecule has 190 valence electrons. The number of unbranched alkanes of at least 4 members (excludes halogenated alkanes) is 3. The number of carbonyl (C=O) groups excluding carboxylic acids is 2. The average Bonchev–Trinajstić information content (AvgIpc) is 3.42. The highest BCUT2D eigenvalue weighted by Gasteiger charge is 2.76. The number of likely N-dealkylation sites (tertiary alicyclic amines) is 1. The summed E-state index contributed by atoms with van der Waals surface area (Å²) >= 11 is 3.57. The van der Waals surface area contributed by atoms with Crippen LogP contribution in [0.15, 0.2) is 43.0 Å². The number of nitrogens with zero attached hydrogens (tertiary/aromatic N) is 2. The average molecular weight is 549 g/mol. The van der Waals surface area contributed by atoms with Gasteiger partial charge < -0.3 is 24.7 Å². The van der Waals surface area contributed by atoms with Crippen LogP contribution in [0.4, 0.5) is 0 Å². The third-order valence-electron chi connectivity index (χ3n) is 7.49. The summed E-state index contributed by atoms with van der Waals surface area (Å²) in [5.74, 6) is -3.49. The molecule has 0 aliphatic carbocycles. The van der Waals surface area contributed by atoms with E-state index < -0.39 is 35.6 Å². The first kappa shape index (κ1) is 25.9. The number of alkyl halides is 1. The third-order valence-corrected chi connectivity index (χ3v) is 8.34. The maximum Gasteiger partial charge on any atom is 0.310 e. The van der Waals surface area contributed by atoms with E-state index >= 15 is 0 Å². The fourth-order valence-corrected chi connectivity index (χ4v) is 6.99. The van der Waals surface area contributed by atoms with E-state index in [0.29, 0.717) is 38.9 Å². The van der Waals surface area contributed by atoms with E-state index in [1.807, 2.05) is 30.3 Å². The van der Waals surface area contributed by atoms with Gasteiger partial charge in [-0.15, -0.1) is 6.58 Å². The van der Waals surface area contributed by atoms with Crippen LogP contribution in [0.1, 0.15) is 37.7 Å². The van der Waals surface area contributed by atoms with Gasteiger partial charge in [0, 0.05) is 31.1 Å². The van der Waals surface area contributed by atoms with Crippen molar-refractivity contribution in [3.63, 3.8) is 0 Å². The molecule has 1 aromatic carbocycles. The molecule has 1 aromatic rings. The van der Waals surface area contributed by atoms with Crippen molar-refractivity contribution < 1.29 is 29.3 Å². The lowest BCUT2D eigenvalue weighted by Crippen LogP contribution is -2.56. The summed E-state index contributed by atoms with van der Waals surface area (Å²) in [5.41, 5.74) is -0.216. The topological polar surface area (TPSA) is 107 Å². The summed E-state index contributed by atoms with van der Waals surface area (Å²) in [7, 11) is 0. The van der Waals surface area contributed by atoms with Crippen LogP contribution in [0.3, 0.4) is 0 Å². The zero-order chi connectivity index (χ0) is 25.2. The fourth-order valence-electron chi connectivity index (χ4n) is 6.04. The van der Waals surface area contributed by atoms with Gasteiger partial charge >= 0.3 is 5.97 Å². The largest absolute Gasteiger partial charge is 0.481 e. The zero-order valence-corrected chi connectivity index (χ0v) is 21.3. The highest BCUT2D eigenvalue weighted by Crippen LogP contribution is 2.60. The smallest absolute Gasteiger partial charge is 0.310 e. The van der Waals surface area contributed by atoms with Crippen LogP contribution < -0.4 is 0 Å². The van der Waals surface area contributed by atoms with Gasteiger partial charge in [-0.3, -0.25) is 14.4 Å². The lowest BCUT2D eigenvalue weighted by atomic mass is 9.70. The second-order valence-electron chi connectivity index (χ2n) is 9.66. The second-order valence-corrected chi connectivity index (χ2v) is 10.8. The number of ether oxygens (including phenoxy) is 1. The van der Waals surface area contributed by atoms with Crippen molar-refractivity contribution in [1.82, 2.24) is 9.80 Å². The quantitative estimate of drug-likeness (QED) is 0.236. The molecule has 3 aliphatic rings. The Bertz CT molecular complexity index is 958. The van der Waals surface area contributed by atoms with Crippen LogP contribution in [0.2, 0.25) is 0 Å². The molecular formula is C26H33BrN2O6. The summed E-state index contributed by atoms with van der Waals surface area (Å²) in [6.45, 7) is 4.93. The molecule has 3 fully saturated rings. The number of halogens is 1. The van der Waals surface area contributed by atoms with Gasteiger partial charge in [-0.2, -0.15) is 0 Å². The van der Waals surface area contributed by atoms with Gasteiger partial charge in [-0.1, -0.05) is 65.2 Å². The maximum absolute atomic E-state index is 14.1. The molecule has 3 aliphatic heterocycles. The van der Waals surface area contributed by atoms with E-state index in [2.05, 4.69) is 22.5 Å². The number of rotatable bonds is 12. The molecule has 4 rings (SSSR count). The number of carboxylic acid groups (broad SMARTS) is 1. The zero-order valence-electron chi connectivity index (χ0n) is 19.7. The summed E-state index contributed by atoms with van der Waals surface area (Å²) in [6, 6.07) is 8.72. The predicted molar refractivity (Wildman–Crippen MR) is 133 cm³/mol. The second kappa shape index (κ2) is 10.8. The number of hydrogen-bond donors (Lipinski definition) is 2. The molecule has 3 heterocycles. The summed E-state index contributed by atoms with van der Waals surface area (Å²) < 4.78 is 6.33. The molecule has 1 spiro atoms. The van der Waals surface area contributed by atoms with Gasteiger partial charge in [-0.25, -0.2) is 0 Å². The van der Waals surface area contributed by atoms with Crippen LogP contribution in [0.5, 0.6) is 0 Å². The van der Waals surface area contributed by atoms with E-state index in [1.165, 1.54) is 0 Å². The molecule has 8 nitrogen and oxygen atoms in total. The predicted octanol–water partition coefficient (Wildman–Crippen LogP) is 2.59. The number of carbonyl (C=O) groups is 3. The third kappa shape index (κ3) is 4.66. The lowest BCUT2D eigenvalue weighted by Gasteiger charge is -2.37. The lowest BCUT2D eigenvalue weighted by molar-refractivity contribution is -0.151. The first-order valence-electron chi connectivity index (χ1n) is 12.3. The molecule has 2 N–H and O–H groups in total. The van der Waals surface area contributed by atoms with Gasteiger partial charge in [0.05, 0.1) is 17.9 Å². The molecule has 2 amide bonds. The van der Waals surface area contributed by atoms with Crippen molar-refractivity contribution in [3.05, 3.63) is 48.6 Å². The molecule has 35 heavy (non-hydrogen) atoms. The monoisotopic (exact) mass is 548 g/mol. The standard InChI is InChI=1S/C26H33BrN2O6/c1-2-12-28(16-17-10-6-5-7-11-17)24(32)22-26-15-18(27)21(35-26)19(25(33)34)20(26)23(31)29(22)13-8-3-4-9-14-30/h2,5-7,10-11,18-22,30H,1,3-4,8-9,12-16H2,(H,33,34)/t18?,19-,20+,21-,22?,26?/m1/s1. The van der Waals surface area contributed by atoms with E-state index in [0.717, 1.165) is 18.4 Å². The Morgan fingerprint density at radius 1 is 1.23 bits per heavy atom. The minimum absolute atomic E-state index is 0.118. The highest BCUT2D eigenvalue weighted by atomic mass is 79.9. The summed E-state index contributed by atoms with van der Waals surface area (Å²) in [5, 5.41) is 19.0. The Morgan fingerprint density at radius 3 is 2.60 bits per heavy atom. The summed E-state index contributed by atoms with van der Waals surface area (Å²) in [4.78, 5) is 43.1. The SMILES string of the molecule is C=CCN(Cc1ccccc1)C(=O)C1N(CCCCCCO)C(=O)[C@@H]2[C@@H](C(=O)O)[C@@H]3OC12CC3Br. The first-order valence-corrected chi connectivity index (χ1v) is 13.2. The van der Waals surface area contributed by atoms with E-state index in [1.54, 1.807) is 15.9 Å². The molecule has 3 unspecified atom stereocenters. The van der Waals surface area contributed by atoms with Gasteiger partial charge in [-0.05, 0) is 24.8 Å². The molecule has 6 atom stereocenters. The van der Waals surface area contributed by atoms with Crippen LogP contribution in [-0.2, 0) is 25.7 Å². The Morgan fingerprint density at radius 2 is 1.94 bits per heavy atom. The van der Waals surface area contributed by atoms with Gasteiger partial charge in [0.2, 0.25) is 11.8 Å². The highest BCUT2D eigenvalue weighted by molar-refractivity contribution is 9.09. The van der Waals surface area contributed by atoms with Crippen molar-refractivity contribution in [1.29, 1.82) is 0 Å². The number of fused-ring (bicyclic) bond motifs is 1. The fraction of sp³-hybridized carbons (Fsp3) is 0.577. The Hall–Kier alpha value is -2.23. The van der Waals surface area contributed by atoms with Gasteiger partial charge in [0.15, 0.2) is 0 Å². The Labute approximate surface area is 214 Å². The number of carboxylic acids is 1. The maximum atomic E-state index is 14.1. The van der Waals surface area contributed by atoms with Crippen molar-refractivity contribution in [2.75, 3.05) is 19.7 Å². The van der Waals surface area contributed by atoms with Crippen LogP contribution in [0.25, 0.3) is 0 Å². The number of hydrogen-bond acceptors (Lipinski definition) is 5. The van der Waals surface area contributed by atoms with Crippen LogP contribution >= 0.6 is 15.9 Å². The molecule has 2 bridgehead atoms. The van der Waals surface area contributed by atoms with Crippen LogP contribution in [0, 0.1) is 11.8 Å². The van der Waals surface area contributed by atoms with Crippen molar-refractivity contribution in [2.24, 2.45) is 11.8 Å². The number of benzene rings is 1. The molecule has 0 aromatic heterocycles. The normalized spacial score (nSPS) is 31.0. The van der Waals surface area contributed by atoms with E-state index in [-0.39, 0.29) is 23.2 Å². The Kier molecular flexibility index (Phi) is 7.98. The number of aliphatic carboxylic acids is 1. The minimum atomic E-state index is -1.17. The molecular weight excluding hydrogens is 516 g/mol. The van der Waals surface area contributed by atoms with Crippen molar-refractivity contribution in [3.8, 4) is 0 Å². The molecule has 9 heteroatoms. The number of aliphatic hydroxyl groups excluding tert-OH is 1.